The summed E-state index contributed by atoms with van der Waals surface area (Å²) in [5.41, 5.74) is 1.79. The van der Waals surface area contributed by atoms with E-state index >= 15 is 0 Å². The zero-order valence-corrected chi connectivity index (χ0v) is 15.3. The third kappa shape index (κ3) is 6.53. The highest BCUT2D eigenvalue weighted by atomic mass is 32.2. The van der Waals surface area contributed by atoms with Gasteiger partial charge in [0.25, 0.3) is 0 Å². The first kappa shape index (κ1) is 18.8. The van der Waals surface area contributed by atoms with Gasteiger partial charge in [0, 0.05) is 19.2 Å². The molecule has 24 heavy (non-hydrogen) atoms. The van der Waals surface area contributed by atoms with Crippen LogP contribution in [0.5, 0.6) is 0 Å². The zero-order chi connectivity index (χ0) is 17.4. The Balaban J connectivity index is 1.69. The summed E-state index contributed by atoms with van der Waals surface area (Å²) in [6.45, 7) is 4.52. The molecule has 6 heteroatoms. The minimum Gasteiger partial charge on any atom is -0.351 e. The van der Waals surface area contributed by atoms with Crippen LogP contribution < -0.4 is 10.6 Å². The van der Waals surface area contributed by atoms with Gasteiger partial charge >= 0.3 is 0 Å². The second-order valence-corrected chi connectivity index (χ2v) is 7.24. The highest BCUT2D eigenvalue weighted by Gasteiger charge is 2.20. The molecule has 2 amide bonds. The number of hydrogen-bond acceptors (Lipinski definition) is 4. The predicted octanol–water partition coefficient (Wildman–Crippen LogP) is 2.34. The third-order valence-electron chi connectivity index (χ3n) is 4.24. The van der Waals surface area contributed by atoms with Crippen LogP contribution in [0.2, 0.25) is 0 Å². The van der Waals surface area contributed by atoms with Crippen molar-refractivity contribution in [3.05, 3.63) is 29.8 Å². The predicted molar refractivity (Wildman–Crippen MR) is 100 cm³/mol. The van der Waals surface area contributed by atoms with Gasteiger partial charge in [0.15, 0.2) is 0 Å². The van der Waals surface area contributed by atoms with Gasteiger partial charge in [-0.1, -0.05) is 12.1 Å². The first-order valence-electron chi connectivity index (χ1n) is 8.41. The van der Waals surface area contributed by atoms with Gasteiger partial charge in [-0.05, 0) is 61.6 Å². The number of benzene rings is 1. The topological polar surface area (TPSA) is 61.4 Å². The smallest absolute Gasteiger partial charge is 0.234 e. The van der Waals surface area contributed by atoms with E-state index in [2.05, 4.69) is 21.8 Å². The van der Waals surface area contributed by atoms with Crippen molar-refractivity contribution >= 4 is 29.3 Å². The molecule has 1 fully saturated rings. The molecular formula is C18H27N3O2S. The summed E-state index contributed by atoms with van der Waals surface area (Å²) < 4.78 is 0. The number of carbonyl (C=O) groups excluding carboxylic acids is 2. The van der Waals surface area contributed by atoms with Crippen molar-refractivity contribution in [2.75, 3.05) is 37.0 Å². The van der Waals surface area contributed by atoms with E-state index in [0.29, 0.717) is 13.1 Å². The molecule has 1 aromatic carbocycles. The molecular weight excluding hydrogens is 322 g/mol. The van der Waals surface area contributed by atoms with Crippen molar-refractivity contribution in [2.45, 2.75) is 26.3 Å². The number of thioether (sulfide) groups is 1. The SMILES string of the molecule is CSCC1CCN(CC(=O)NCc2ccc(NC(C)=O)cc2)CC1. The van der Waals surface area contributed by atoms with Crippen LogP contribution in [0.4, 0.5) is 5.69 Å². The van der Waals surface area contributed by atoms with Crippen LogP contribution in [0.1, 0.15) is 25.3 Å². The van der Waals surface area contributed by atoms with Crippen LogP contribution in [0.25, 0.3) is 0 Å². The fraction of sp³-hybridized carbons (Fsp3) is 0.556. The second kappa shape index (κ2) is 9.69. The molecule has 0 aromatic heterocycles. The highest BCUT2D eigenvalue weighted by Crippen LogP contribution is 2.20. The molecule has 1 saturated heterocycles. The molecule has 132 valence electrons. The monoisotopic (exact) mass is 349 g/mol. The van der Waals surface area contributed by atoms with Gasteiger partial charge in [-0.15, -0.1) is 0 Å². The molecule has 0 radical (unpaired) electrons. The quantitative estimate of drug-likeness (QED) is 0.793. The number of nitrogens with zero attached hydrogens (tertiary/aromatic N) is 1. The van der Waals surface area contributed by atoms with E-state index < -0.39 is 0 Å². The minimum absolute atomic E-state index is 0.0734. The number of rotatable bonds is 7. The van der Waals surface area contributed by atoms with Gasteiger partial charge in [-0.2, -0.15) is 11.8 Å². The molecule has 0 unspecified atom stereocenters. The van der Waals surface area contributed by atoms with Crippen LogP contribution >= 0.6 is 11.8 Å². The summed E-state index contributed by atoms with van der Waals surface area (Å²) >= 11 is 1.91. The van der Waals surface area contributed by atoms with Gasteiger partial charge in [0.05, 0.1) is 6.54 Å². The molecule has 1 aromatic rings. The largest absolute Gasteiger partial charge is 0.351 e. The number of amides is 2. The van der Waals surface area contributed by atoms with E-state index in [0.717, 1.165) is 30.3 Å². The maximum Gasteiger partial charge on any atom is 0.234 e. The normalized spacial score (nSPS) is 15.9. The van der Waals surface area contributed by atoms with Crippen molar-refractivity contribution < 1.29 is 9.59 Å². The molecule has 2 rings (SSSR count). The third-order valence-corrected chi connectivity index (χ3v) is 5.05. The van der Waals surface area contributed by atoms with E-state index in [1.54, 1.807) is 0 Å². The van der Waals surface area contributed by atoms with Gasteiger partial charge in [0.2, 0.25) is 11.8 Å². The van der Waals surface area contributed by atoms with Crippen molar-refractivity contribution in [3.8, 4) is 0 Å². The number of carbonyl (C=O) groups is 2. The Morgan fingerprint density at radius 2 is 1.88 bits per heavy atom. The second-order valence-electron chi connectivity index (χ2n) is 6.33. The Morgan fingerprint density at radius 1 is 1.21 bits per heavy atom. The Bertz CT molecular complexity index is 540. The van der Waals surface area contributed by atoms with E-state index in [1.165, 1.54) is 25.5 Å². The fourth-order valence-electron chi connectivity index (χ4n) is 2.92. The maximum atomic E-state index is 12.1. The van der Waals surface area contributed by atoms with Gasteiger partial charge in [-0.25, -0.2) is 0 Å². The lowest BCUT2D eigenvalue weighted by atomic mass is 9.99. The number of likely N-dealkylation sites (tertiary alicyclic amines) is 1. The lowest BCUT2D eigenvalue weighted by Gasteiger charge is -2.31. The molecule has 0 saturated carbocycles. The van der Waals surface area contributed by atoms with Crippen molar-refractivity contribution in [1.29, 1.82) is 0 Å². The Kier molecular flexibility index (Phi) is 7.59. The van der Waals surface area contributed by atoms with E-state index in [1.807, 2.05) is 36.0 Å². The molecule has 0 spiro atoms. The Morgan fingerprint density at radius 3 is 2.46 bits per heavy atom. The summed E-state index contributed by atoms with van der Waals surface area (Å²) in [6.07, 6.45) is 4.54. The van der Waals surface area contributed by atoms with E-state index in [4.69, 9.17) is 0 Å². The van der Waals surface area contributed by atoms with Crippen molar-refractivity contribution in [3.63, 3.8) is 0 Å². The van der Waals surface area contributed by atoms with E-state index in [9.17, 15) is 9.59 Å². The summed E-state index contributed by atoms with van der Waals surface area (Å²) in [6, 6.07) is 7.53. The Labute approximate surface area is 148 Å². The highest BCUT2D eigenvalue weighted by molar-refractivity contribution is 7.98. The van der Waals surface area contributed by atoms with Crippen molar-refractivity contribution in [1.82, 2.24) is 10.2 Å². The lowest BCUT2D eigenvalue weighted by Crippen LogP contribution is -2.41. The van der Waals surface area contributed by atoms with Gasteiger partial charge in [0.1, 0.15) is 0 Å². The fourth-order valence-corrected chi connectivity index (χ4v) is 3.72. The van der Waals surface area contributed by atoms with Crippen LogP contribution in [-0.2, 0) is 16.1 Å². The lowest BCUT2D eigenvalue weighted by molar-refractivity contribution is -0.122. The molecule has 0 bridgehead atoms. The summed E-state index contributed by atoms with van der Waals surface area (Å²) in [5, 5.41) is 5.70. The number of anilines is 1. The molecule has 5 nitrogen and oxygen atoms in total. The van der Waals surface area contributed by atoms with Crippen molar-refractivity contribution in [2.24, 2.45) is 5.92 Å². The molecule has 1 aliphatic heterocycles. The van der Waals surface area contributed by atoms with Gasteiger partial charge < -0.3 is 10.6 Å². The standard InChI is InChI=1S/C18H27N3O2S/c1-14(22)20-17-5-3-15(4-6-17)11-19-18(23)12-21-9-7-16(8-10-21)13-24-2/h3-6,16H,7-13H2,1-2H3,(H,19,23)(H,20,22). The zero-order valence-electron chi connectivity index (χ0n) is 14.5. The minimum atomic E-state index is -0.0858. The summed E-state index contributed by atoms with van der Waals surface area (Å²) in [7, 11) is 0. The van der Waals surface area contributed by atoms with E-state index in [-0.39, 0.29) is 11.8 Å². The van der Waals surface area contributed by atoms with Crippen LogP contribution in [0.3, 0.4) is 0 Å². The number of piperidine rings is 1. The maximum absolute atomic E-state index is 12.1. The van der Waals surface area contributed by atoms with Crippen LogP contribution in [0.15, 0.2) is 24.3 Å². The average Bonchev–Trinajstić information content (AvgIpc) is 2.56. The van der Waals surface area contributed by atoms with Crippen LogP contribution in [0, 0.1) is 5.92 Å². The first-order valence-corrected chi connectivity index (χ1v) is 9.80. The Hall–Kier alpha value is -1.53. The molecule has 1 aliphatic rings. The summed E-state index contributed by atoms with van der Waals surface area (Å²) in [4.78, 5) is 25.3. The molecule has 2 N–H and O–H groups in total. The molecule has 1 heterocycles. The molecule has 0 atom stereocenters. The summed E-state index contributed by atoms with van der Waals surface area (Å²) in [5.74, 6) is 2.03. The average molecular weight is 350 g/mol. The van der Waals surface area contributed by atoms with Crippen LogP contribution in [-0.4, -0.2) is 48.4 Å². The number of hydrogen-bond donors (Lipinski definition) is 2. The molecule has 0 aliphatic carbocycles. The van der Waals surface area contributed by atoms with Gasteiger partial charge in [-0.3, -0.25) is 14.5 Å². The first-order chi connectivity index (χ1) is 11.6. The number of nitrogens with one attached hydrogen (secondary N) is 2.